The number of aliphatic hydroxyl groups excluding tert-OH is 4. The third-order valence-electron chi connectivity index (χ3n) is 21.2. The molecule has 0 spiro atoms. The van der Waals surface area contributed by atoms with E-state index in [2.05, 4.69) is 40.3 Å². The fraction of sp³-hybridized carbons (Fsp3) is 0.506. The number of aromatic hydroxyl groups is 1. The number of primary amides is 1. The number of allylic oxidation sites excluding steroid dienone is 2. The number of rotatable bonds is 22. The number of phenols is 1. The summed E-state index contributed by atoms with van der Waals surface area (Å²) in [5.41, 5.74) is 4.87. The normalized spacial score (nSPS) is 24.7. The molecule has 4 aliphatic rings. The van der Waals surface area contributed by atoms with Gasteiger partial charge in [-0.2, -0.15) is 0 Å². The average Bonchev–Trinajstić information content (AvgIpc) is 1.31. The lowest BCUT2D eigenvalue weighted by molar-refractivity contribution is -0.928. The number of aromatic nitrogens is 1. The third-order valence-corrected chi connectivity index (χ3v) is 21.2. The molecule has 9 rings (SSSR count). The Balaban J connectivity index is 0.931. The number of ether oxygens (including phenoxy) is 3. The van der Waals surface area contributed by atoms with Gasteiger partial charge in [0, 0.05) is 153 Å². The molecule has 11 atom stereocenters. The zero-order valence-electron chi connectivity index (χ0n) is 61.2. The number of anilines is 3. The molecule has 0 unspecified atom stereocenters. The van der Waals surface area contributed by atoms with Crippen molar-refractivity contribution in [2.75, 3.05) is 62.9 Å². The Labute approximate surface area is 603 Å². The number of carbonyl (C=O) groups excluding carboxylic acids is 7. The second-order valence-corrected chi connectivity index (χ2v) is 29.4. The van der Waals surface area contributed by atoms with Gasteiger partial charge in [0.25, 0.3) is 17.7 Å². The van der Waals surface area contributed by atoms with E-state index in [0.717, 1.165) is 10.5 Å². The summed E-state index contributed by atoms with van der Waals surface area (Å²) < 4.78 is 25.4. The highest BCUT2D eigenvalue weighted by Gasteiger charge is 2.45. The highest BCUT2D eigenvalue weighted by Crippen LogP contribution is 2.43. The van der Waals surface area contributed by atoms with Crippen LogP contribution in [-0.4, -0.2) is 171 Å². The summed E-state index contributed by atoms with van der Waals surface area (Å²) >= 11 is 0. The lowest BCUT2D eigenvalue weighted by Gasteiger charge is -2.43. The summed E-state index contributed by atoms with van der Waals surface area (Å²) in [6, 6.07) is 9.12. The Morgan fingerprint density at radius 1 is 0.856 bits per heavy atom. The monoisotopic (exact) mass is 1440 g/mol. The minimum Gasteiger partial charge on any atom is -0.507 e. The van der Waals surface area contributed by atoms with Crippen molar-refractivity contribution >= 4 is 97.1 Å². The Morgan fingerprint density at radius 3 is 2.17 bits per heavy atom. The molecule has 0 radical (unpaired) electrons. The van der Waals surface area contributed by atoms with Crippen LogP contribution in [0.15, 0.2) is 98.7 Å². The van der Waals surface area contributed by atoms with Gasteiger partial charge in [-0.05, 0) is 63.7 Å². The second kappa shape index (κ2) is 33.1. The van der Waals surface area contributed by atoms with E-state index >= 15 is 4.79 Å². The number of fused-ring (bicyclic) bond motifs is 2. The number of unbranched alkanes of at least 4 members (excludes halogenated alkanes) is 2. The number of amides is 7. The maximum atomic E-state index is 15.2. The van der Waals surface area contributed by atoms with Crippen molar-refractivity contribution in [3.05, 3.63) is 121 Å². The molecular weight excluding hydrogens is 1340 g/mol. The van der Waals surface area contributed by atoms with Crippen LogP contribution in [0.4, 0.5) is 21.9 Å². The molecule has 0 aliphatic carbocycles. The van der Waals surface area contributed by atoms with E-state index in [1.165, 1.54) is 64.5 Å². The Bertz CT molecular complexity index is 4410. The first kappa shape index (κ1) is 78.6. The zero-order valence-corrected chi connectivity index (χ0v) is 61.2. The van der Waals surface area contributed by atoms with Crippen molar-refractivity contribution in [2.24, 2.45) is 41.2 Å². The third kappa shape index (κ3) is 17.3. The topological polar surface area (TPSA) is 389 Å². The number of urea groups is 1. The van der Waals surface area contributed by atoms with Gasteiger partial charge in [0.05, 0.1) is 67.5 Å². The predicted molar refractivity (Wildman–Crippen MR) is 393 cm³/mol. The van der Waals surface area contributed by atoms with Crippen LogP contribution in [0.1, 0.15) is 124 Å². The van der Waals surface area contributed by atoms with Crippen LogP contribution in [-0.2, 0) is 44.8 Å². The fourth-order valence-electron chi connectivity index (χ4n) is 14.5. The quantitative estimate of drug-likeness (QED) is 0.0112. The molecule has 4 bridgehead atoms. The molecule has 27 heteroatoms. The summed E-state index contributed by atoms with van der Waals surface area (Å²) in [6.07, 6.45) is 9.17. The molecule has 4 aromatic carbocycles. The summed E-state index contributed by atoms with van der Waals surface area (Å²) in [5.74, 6) is -9.54. The van der Waals surface area contributed by atoms with Crippen LogP contribution in [0, 0.1) is 42.4 Å². The van der Waals surface area contributed by atoms with E-state index in [9.17, 15) is 63.9 Å². The van der Waals surface area contributed by atoms with Crippen molar-refractivity contribution < 1.29 is 82.2 Å². The number of piperidine rings is 1. The van der Waals surface area contributed by atoms with Gasteiger partial charge in [0.15, 0.2) is 28.2 Å². The van der Waals surface area contributed by atoms with E-state index in [1.54, 1.807) is 58.0 Å². The lowest BCUT2D eigenvalue weighted by Crippen LogP contribution is -2.53. The van der Waals surface area contributed by atoms with Crippen LogP contribution in [0.2, 0.25) is 0 Å². The molecule has 1 aromatic heterocycles. The predicted octanol–water partition coefficient (Wildman–Crippen LogP) is 6.82. The molecule has 104 heavy (non-hydrogen) atoms. The Morgan fingerprint density at radius 2 is 1.52 bits per heavy atom. The molecule has 11 N–H and O–H groups in total. The van der Waals surface area contributed by atoms with Gasteiger partial charge in [-0.25, -0.2) is 9.78 Å². The molecule has 7 amide bonds. The average molecular weight is 1440 g/mol. The smallest absolute Gasteiger partial charge is 0.312 e. The van der Waals surface area contributed by atoms with E-state index < -0.39 is 112 Å². The number of nitrogens with zero attached hydrogens (tertiary/aromatic N) is 4. The summed E-state index contributed by atoms with van der Waals surface area (Å²) in [6.45, 7) is 16.9. The van der Waals surface area contributed by atoms with Gasteiger partial charge >= 0.3 is 11.8 Å². The minimum atomic E-state index is -2.02. The van der Waals surface area contributed by atoms with Crippen LogP contribution in [0.25, 0.3) is 38.7 Å². The van der Waals surface area contributed by atoms with Crippen LogP contribution in [0.5, 0.6) is 11.5 Å². The van der Waals surface area contributed by atoms with E-state index in [0.29, 0.717) is 74.0 Å². The van der Waals surface area contributed by atoms with Crippen LogP contribution < -0.4 is 52.7 Å². The number of imide groups is 1. The standard InChI is InChI=1S/C77H99N9O18/c1-40(2)62(81-56(89)21-14-13-15-32-85-57(90)26-27-58(85)91)52(87)36-48(20-17-31-79-76(78)100)75(99)80-49-24-22-47(23-25-49)39-86(10,11)51-28-33-84(34-29-51)50-37-53(88)63-55(38-50)103-72-64(82-63)59-60-69(95)46(8)71-61(59)73(97)77(9,104-71)102-35-30-54(101-12)43(5)67(93)45(7)68(94)44(6)66(92)41(3)18-16-19-42(4)74(98)83-65(72)70(60)96/h16,18-19,22-27,30,35,37-38,40-41,43-45,48,51,54,62,66-68,92-94H,13-15,17,20-21,28-29,31-34,36,39H2,1-12H3,(H7-,78,79,80,81,82,83,88,89,90,91,95,96,97,98,99,100)/p+1/b18-16+,35-30+,42-19-/t41-,43-,44+,45-,48+,54-,62-,66-,67+,68+,77-/m0/s1. The van der Waals surface area contributed by atoms with Crippen molar-refractivity contribution in [2.45, 2.75) is 169 Å². The number of nitrogens with two attached hydrogens (primary N) is 1. The molecule has 1 fully saturated rings. The Hall–Kier alpha value is -9.54. The first-order valence-corrected chi connectivity index (χ1v) is 35.7. The van der Waals surface area contributed by atoms with E-state index in [-0.39, 0.29) is 123 Å². The van der Waals surface area contributed by atoms with E-state index in [4.69, 9.17) is 29.3 Å². The summed E-state index contributed by atoms with van der Waals surface area (Å²) in [7, 11) is 5.70. The summed E-state index contributed by atoms with van der Waals surface area (Å²) in [5, 5.41) is 69.3. The molecular formula is C77H100N9O18+. The van der Waals surface area contributed by atoms with Gasteiger partial charge in [-0.1, -0.05) is 78.3 Å². The molecule has 0 saturated carbocycles. The highest BCUT2D eigenvalue weighted by atomic mass is 16.7. The lowest BCUT2D eigenvalue weighted by atomic mass is 9.78. The number of methoxy groups -OCH3 is 1. The number of nitrogens with one attached hydrogen (secondary N) is 4. The van der Waals surface area contributed by atoms with Crippen molar-refractivity contribution in [1.29, 1.82) is 0 Å². The molecule has 560 valence electrons. The number of hydrogen-bond donors (Lipinski definition) is 10. The molecule has 5 aromatic rings. The first-order chi connectivity index (χ1) is 49.2. The molecule has 27 nitrogen and oxygen atoms in total. The van der Waals surface area contributed by atoms with Gasteiger partial charge in [0.2, 0.25) is 22.7 Å². The fourth-order valence-corrected chi connectivity index (χ4v) is 14.5. The van der Waals surface area contributed by atoms with Crippen molar-refractivity contribution in [3.8, 4) is 11.5 Å². The highest BCUT2D eigenvalue weighted by molar-refractivity contribution is 6.17. The SMILES string of the molecule is CO[C@H]1/C=C/O[C@@]2(C)Oc3c(C)c(O)c4c(=O)c(c5oc6cc(N7CCC([N+](C)(C)Cc8ccc(NC(=O)[C@H](CCCNC(N)=O)CC(=O)[C@@H](NC(=O)CCCCCN9C(=O)C=CC9=O)C(C)C)cc8)CC7)cc(=O)c6nc5c4c3=C2O)NC(=O)/C(C)=C\C=C\[C@H](C)[C@H](O)[C@@H](C)[C@@H](O)[C@@H](C)[C@H](O)[C@H]1C. The van der Waals surface area contributed by atoms with Crippen molar-refractivity contribution in [1.82, 2.24) is 20.5 Å². The number of phenolic OH excluding ortho intramolecular Hbond substituents is 1. The van der Waals surface area contributed by atoms with Gasteiger partial charge in [0.1, 0.15) is 29.2 Å². The first-order valence-electron chi connectivity index (χ1n) is 35.7. The van der Waals surface area contributed by atoms with Crippen LogP contribution >= 0.6 is 0 Å². The number of quaternary nitrogens is 1. The van der Waals surface area contributed by atoms with E-state index in [1.807, 2.05) is 26.0 Å². The van der Waals surface area contributed by atoms with Crippen molar-refractivity contribution in [3.63, 3.8) is 0 Å². The minimum absolute atomic E-state index is 0.0248. The number of aliphatic hydroxyl groups is 4. The molecule has 4 aliphatic heterocycles. The van der Waals surface area contributed by atoms with Gasteiger partial charge < -0.3 is 80.5 Å². The number of hydrogen-bond acceptors (Lipinski definition) is 20. The zero-order chi connectivity index (χ0) is 76.0. The molecule has 1 saturated heterocycles. The Kier molecular flexibility index (Phi) is 25.0. The second-order valence-electron chi connectivity index (χ2n) is 29.4. The number of carbonyl (C=O) groups is 7. The number of Topliss-reactive ketones (excluding diaryl/α,β-unsaturated/α-hetero) is 1. The van der Waals surface area contributed by atoms with Gasteiger partial charge in [-0.3, -0.25) is 43.3 Å². The maximum Gasteiger partial charge on any atom is 0.312 e. The van der Waals surface area contributed by atoms with Gasteiger partial charge in [-0.15, -0.1) is 0 Å². The summed E-state index contributed by atoms with van der Waals surface area (Å²) in [4.78, 5) is 128. The largest absolute Gasteiger partial charge is 0.507 e. The molecule has 5 heterocycles. The van der Waals surface area contributed by atoms with Crippen LogP contribution in [0.3, 0.4) is 0 Å². The number of benzene rings is 4. The maximum absolute atomic E-state index is 15.2. The number of ketones is 1.